The molecule has 0 saturated heterocycles. The molecule has 18 heavy (non-hydrogen) atoms. The van der Waals surface area contributed by atoms with E-state index in [2.05, 4.69) is 15.3 Å². The average molecular weight is 247 g/mol. The average Bonchev–Trinajstić information content (AvgIpc) is 2.75. The number of carboxylic acids is 1. The minimum atomic E-state index is -0.887. The number of fused-ring (bicyclic) bond motifs is 1. The van der Waals surface area contributed by atoms with Gasteiger partial charge in [0.15, 0.2) is 0 Å². The van der Waals surface area contributed by atoms with Gasteiger partial charge in [-0.2, -0.15) is 0 Å². The first-order chi connectivity index (χ1) is 8.65. The molecule has 1 amide bonds. The molecule has 0 fully saturated rings. The maximum atomic E-state index is 11.5. The lowest BCUT2D eigenvalue weighted by Gasteiger charge is -2.04. The predicted molar refractivity (Wildman–Crippen MR) is 66.2 cm³/mol. The zero-order chi connectivity index (χ0) is 13.0. The van der Waals surface area contributed by atoms with Crippen molar-refractivity contribution in [2.24, 2.45) is 0 Å². The summed E-state index contributed by atoms with van der Waals surface area (Å²) in [5.41, 5.74) is 2.35. The number of hydrogen-bond acceptors (Lipinski definition) is 3. The van der Waals surface area contributed by atoms with E-state index >= 15 is 0 Å². The molecule has 0 atom stereocenters. The van der Waals surface area contributed by atoms with Crippen LogP contribution in [0.1, 0.15) is 19.3 Å². The summed E-state index contributed by atoms with van der Waals surface area (Å²) >= 11 is 0. The Balaban J connectivity index is 1.91. The van der Waals surface area contributed by atoms with E-state index < -0.39 is 5.97 Å². The highest BCUT2D eigenvalue weighted by atomic mass is 16.4. The number of carbonyl (C=O) groups is 2. The van der Waals surface area contributed by atoms with Gasteiger partial charge in [0.25, 0.3) is 0 Å². The molecule has 3 N–H and O–H groups in total. The zero-order valence-corrected chi connectivity index (χ0v) is 9.64. The molecule has 2 aromatic rings. The summed E-state index contributed by atoms with van der Waals surface area (Å²) in [5, 5.41) is 11.2. The number of aromatic amines is 1. The molecular formula is C12H13N3O3. The van der Waals surface area contributed by atoms with Crippen LogP contribution in [-0.4, -0.2) is 27.0 Å². The molecule has 0 aliphatic heterocycles. The molecule has 0 aliphatic carbocycles. The number of hydrogen-bond donors (Lipinski definition) is 3. The number of rotatable bonds is 5. The molecular weight excluding hydrogens is 234 g/mol. The molecule has 94 valence electrons. The quantitative estimate of drug-likeness (QED) is 0.750. The molecule has 1 heterocycles. The monoisotopic (exact) mass is 247 g/mol. The van der Waals surface area contributed by atoms with Gasteiger partial charge in [-0.05, 0) is 24.6 Å². The molecule has 0 bridgehead atoms. The van der Waals surface area contributed by atoms with Crippen LogP contribution in [0.3, 0.4) is 0 Å². The van der Waals surface area contributed by atoms with E-state index in [9.17, 15) is 9.59 Å². The maximum absolute atomic E-state index is 11.5. The second-order valence-electron chi connectivity index (χ2n) is 3.93. The molecule has 6 heteroatoms. The summed E-state index contributed by atoms with van der Waals surface area (Å²) < 4.78 is 0. The number of nitrogens with one attached hydrogen (secondary N) is 2. The number of benzene rings is 1. The van der Waals surface area contributed by atoms with Crippen molar-refractivity contribution in [2.75, 3.05) is 5.32 Å². The van der Waals surface area contributed by atoms with Gasteiger partial charge < -0.3 is 15.4 Å². The van der Waals surface area contributed by atoms with E-state index in [1.807, 2.05) is 0 Å². The number of anilines is 1. The van der Waals surface area contributed by atoms with E-state index in [4.69, 9.17) is 5.11 Å². The predicted octanol–water partition coefficient (Wildman–Crippen LogP) is 1.76. The third kappa shape index (κ3) is 3.07. The molecule has 1 aromatic carbocycles. The SMILES string of the molecule is O=C(O)CCCC(=O)Nc1ccc2nc[nH]c2c1. The number of amides is 1. The number of imidazole rings is 1. The Kier molecular flexibility index (Phi) is 3.57. The third-order valence-electron chi connectivity index (χ3n) is 2.50. The summed E-state index contributed by atoms with van der Waals surface area (Å²) in [6.07, 6.45) is 2.14. The molecule has 0 spiro atoms. The fourth-order valence-electron chi connectivity index (χ4n) is 1.64. The first kappa shape index (κ1) is 12.1. The smallest absolute Gasteiger partial charge is 0.303 e. The van der Waals surface area contributed by atoms with Crippen LogP contribution in [-0.2, 0) is 9.59 Å². The Bertz CT molecular complexity index is 577. The fourth-order valence-corrected chi connectivity index (χ4v) is 1.64. The first-order valence-electron chi connectivity index (χ1n) is 5.60. The Morgan fingerprint density at radius 3 is 2.94 bits per heavy atom. The van der Waals surface area contributed by atoms with Crippen molar-refractivity contribution >= 4 is 28.6 Å². The summed E-state index contributed by atoms with van der Waals surface area (Å²) in [6, 6.07) is 5.36. The van der Waals surface area contributed by atoms with Crippen LogP contribution in [0.5, 0.6) is 0 Å². The number of H-pyrrole nitrogens is 1. The standard InChI is InChI=1S/C12H13N3O3/c16-11(2-1-3-12(17)18)15-8-4-5-9-10(6-8)14-7-13-9/h4-7H,1-3H2,(H,13,14)(H,15,16)(H,17,18). The lowest BCUT2D eigenvalue weighted by molar-refractivity contribution is -0.137. The molecule has 0 saturated carbocycles. The Morgan fingerprint density at radius 2 is 2.17 bits per heavy atom. The van der Waals surface area contributed by atoms with E-state index in [0.717, 1.165) is 11.0 Å². The van der Waals surface area contributed by atoms with Crippen molar-refractivity contribution in [3.63, 3.8) is 0 Å². The molecule has 0 unspecified atom stereocenters. The highest BCUT2D eigenvalue weighted by Crippen LogP contribution is 2.15. The van der Waals surface area contributed by atoms with Gasteiger partial charge in [0.2, 0.25) is 5.91 Å². The van der Waals surface area contributed by atoms with Crippen molar-refractivity contribution in [2.45, 2.75) is 19.3 Å². The van der Waals surface area contributed by atoms with Gasteiger partial charge in [0.1, 0.15) is 0 Å². The first-order valence-corrected chi connectivity index (χ1v) is 5.60. The van der Waals surface area contributed by atoms with E-state index in [-0.39, 0.29) is 18.7 Å². The highest BCUT2D eigenvalue weighted by molar-refractivity contribution is 5.93. The maximum Gasteiger partial charge on any atom is 0.303 e. The minimum absolute atomic E-state index is 0.00695. The molecule has 2 rings (SSSR count). The summed E-state index contributed by atoms with van der Waals surface area (Å²) in [4.78, 5) is 28.9. The van der Waals surface area contributed by atoms with Crippen molar-refractivity contribution in [3.8, 4) is 0 Å². The number of carboxylic acid groups (broad SMARTS) is 1. The van der Waals surface area contributed by atoms with Crippen molar-refractivity contribution in [3.05, 3.63) is 24.5 Å². The number of aliphatic carboxylic acids is 1. The van der Waals surface area contributed by atoms with Gasteiger partial charge in [0.05, 0.1) is 17.4 Å². The summed E-state index contributed by atoms with van der Waals surface area (Å²) in [7, 11) is 0. The molecule has 1 aromatic heterocycles. The Morgan fingerprint density at radius 1 is 1.33 bits per heavy atom. The van der Waals surface area contributed by atoms with Crippen LogP contribution in [0.25, 0.3) is 11.0 Å². The van der Waals surface area contributed by atoms with Gasteiger partial charge in [-0.3, -0.25) is 9.59 Å². The lowest BCUT2D eigenvalue weighted by atomic mass is 10.2. The third-order valence-corrected chi connectivity index (χ3v) is 2.50. The zero-order valence-electron chi connectivity index (χ0n) is 9.64. The van der Waals surface area contributed by atoms with Crippen LogP contribution in [0.4, 0.5) is 5.69 Å². The van der Waals surface area contributed by atoms with Crippen molar-refractivity contribution in [1.29, 1.82) is 0 Å². The van der Waals surface area contributed by atoms with Gasteiger partial charge in [0, 0.05) is 18.5 Å². The number of aromatic nitrogens is 2. The Hall–Kier alpha value is -2.37. The van der Waals surface area contributed by atoms with Crippen molar-refractivity contribution < 1.29 is 14.7 Å². The summed E-state index contributed by atoms with van der Waals surface area (Å²) in [6.45, 7) is 0. The van der Waals surface area contributed by atoms with Gasteiger partial charge >= 0.3 is 5.97 Å². The minimum Gasteiger partial charge on any atom is -0.481 e. The van der Waals surface area contributed by atoms with Gasteiger partial charge in [-0.25, -0.2) is 4.98 Å². The topological polar surface area (TPSA) is 95.1 Å². The normalized spacial score (nSPS) is 10.4. The lowest BCUT2D eigenvalue weighted by Crippen LogP contribution is -2.11. The fraction of sp³-hybridized carbons (Fsp3) is 0.250. The second-order valence-corrected chi connectivity index (χ2v) is 3.93. The molecule has 0 radical (unpaired) electrons. The second kappa shape index (κ2) is 5.31. The van der Waals surface area contributed by atoms with E-state index in [1.165, 1.54) is 0 Å². The van der Waals surface area contributed by atoms with Crippen LogP contribution in [0.15, 0.2) is 24.5 Å². The molecule has 6 nitrogen and oxygen atoms in total. The van der Waals surface area contributed by atoms with Gasteiger partial charge in [-0.1, -0.05) is 0 Å². The highest BCUT2D eigenvalue weighted by Gasteiger charge is 2.05. The van der Waals surface area contributed by atoms with E-state index in [0.29, 0.717) is 12.1 Å². The van der Waals surface area contributed by atoms with Crippen LogP contribution in [0.2, 0.25) is 0 Å². The van der Waals surface area contributed by atoms with Crippen LogP contribution in [0, 0.1) is 0 Å². The summed E-state index contributed by atoms with van der Waals surface area (Å²) in [5.74, 6) is -1.07. The Labute approximate surface area is 103 Å². The van der Waals surface area contributed by atoms with Crippen LogP contribution >= 0.6 is 0 Å². The van der Waals surface area contributed by atoms with Crippen LogP contribution < -0.4 is 5.32 Å². The number of nitrogens with zero attached hydrogens (tertiary/aromatic N) is 1. The van der Waals surface area contributed by atoms with Gasteiger partial charge in [-0.15, -0.1) is 0 Å². The van der Waals surface area contributed by atoms with Crippen molar-refractivity contribution in [1.82, 2.24) is 9.97 Å². The van der Waals surface area contributed by atoms with E-state index in [1.54, 1.807) is 24.5 Å². The number of carbonyl (C=O) groups excluding carboxylic acids is 1. The largest absolute Gasteiger partial charge is 0.481 e. The molecule has 0 aliphatic rings.